The number of methoxy groups -OCH3 is 1. The number of nitrogens with one attached hydrogen (secondary N) is 1. The molecule has 2 N–H and O–H groups in total. The van der Waals surface area contributed by atoms with Crippen molar-refractivity contribution < 1.29 is 14.6 Å². The van der Waals surface area contributed by atoms with Gasteiger partial charge in [0, 0.05) is 0 Å². The summed E-state index contributed by atoms with van der Waals surface area (Å²) in [6, 6.07) is 5.54. The molecule has 2 rings (SSSR count). The van der Waals surface area contributed by atoms with Gasteiger partial charge in [-0.2, -0.15) is 0 Å². The van der Waals surface area contributed by atoms with E-state index in [0.29, 0.717) is 5.75 Å². The van der Waals surface area contributed by atoms with Gasteiger partial charge in [-0.25, -0.2) is 0 Å². The molecule has 1 saturated heterocycles. The van der Waals surface area contributed by atoms with Crippen molar-refractivity contribution in [1.82, 2.24) is 5.32 Å². The Hall–Kier alpha value is -1.26. The number of hydrogen-bond donors (Lipinski definition) is 2. The van der Waals surface area contributed by atoms with E-state index in [9.17, 15) is 0 Å². The molecular formula is C13H19NO3. The molecule has 0 aliphatic carbocycles. The van der Waals surface area contributed by atoms with Crippen LogP contribution >= 0.6 is 0 Å². The Morgan fingerprint density at radius 1 is 1.29 bits per heavy atom. The van der Waals surface area contributed by atoms with Crippen molar-refractivity contribution in [2.75, 3.05) is 20.2 Å². The van der Waals surface area contributed by atoms with Crippen LogP contribution in [0.5, 0.6) is 11.5 Å². The van der Waals surface area contributed by atoms with Crippen LogP contribution in [0.4, 0.5) is 0 Å². The summed E-state index contributed by atoms with van der Waals surface area (Å²) >= 11 is 0. The van der Waals surface area contributed by atoms with Crippen LogP contribution in [0.1, 0.15) is 18.4 Å². The Labute approximate surface area is 102 Å². The number of piperidine rings is 1. The first-order valence-corrected chi connectivity index (χ1v) is 5.98. The van der Waals surface area contributed by atoms with Crippen molar-refractivity contribution in [2.24, 2.45) is 0 Å². The summed E-state index contributed by atoms with van der Waals surface area (Å²) in [5.41, 5.74) is 0.833. The second kappa shape index (κ2) is 5.89. The minimum Gasteiger partial charge on any atom is -0.493 e. The summed E-state index contributed by atoms with van der Waals surface area (Å²) in [4.78, 5) is 0. The van der Waals surface area contributed by atoms with Gasteiger partial charge in [-0.15, -0.1) is 0 Å². The lowest BCUT2D eigenvalue weighted by atomic mass is 10.1. The molecule has 0 atom stereocenters. The number of benzene rings is 1. The van der Waals surface area contributed by atoms with Crippen molar-refractivity contribution in [3.63, 3.8) is 0 Å². The van der Waals surface area contributed by atoms with Gasteiger partial charge < -0.3 is 19.9 Å². The third kappa shape index (κ3) is 3.11. The molecule has 0 radical (unpaired) electrons. The molecule has 1 heterocycles. The number of aliphatic hydroxyl groups is 1. The molecule has 94 valence electrons. The Kier molecular flexibility index (Phi) is 4.23. The lowest BCUT2D eigenvalue weighted by Gasteiger charge is -2.24. The van der Waals surface area contributed by atoms with Crippen LogP contribution in [0.15, 0.2) is 18.2 Å². The second-order valence-electron chi connectivity index (χ2n) is 4.21. The zero-order valence-corrected chi connectivity index (χ0v) is 10.1. The van der Waals surface area contributed by atoms with Crippen LogP contribution in [0, 0.1) is 0 Å². The molecule has 1 aliphatic rings. The Bertz CT molecular complexity index is 362. The maximum atomic E-state index is 9.07. The fraction of sp³-hybridized carbons (Fsp3) is 0.538. The van der Waals surface area contributed by atoms with Crippen LogP contribution in [0.3, 0.4) is 0 Å². The molecule has 17 heavy (non-hydrogen) atoms. The number of aliphatic hydroxyl groups excluding tert-OH is 1. The molecule has 0 aromatic heterocycles. The minimum absolute atomic E-state index is 0.0178. The zero-order valence-electron chi connectivity index (χ0n) is 10.1. The average Bonchev–Trinajstić information content (AvgIpc) is 2.40. The van der Waals surface area contributed by atoms with E-state index >= 15 is 0 Å². The highest BCUT2D eigenvalue weighted by Crippen LogP contribution is 2.30. The average molecular weight is 237 g/mol. The van der Waals surface area contributed by atoms with Crippen LogP contribution < -0.4 is 14.8 Å². The minimum atomic E-state index is 0.0178. The smallest absolute Gasteiger partial charge is 0.161 e. The Balaban J connectivity index is 2.08. The maximum absolute atomic E-state index is 9.07. The van der Waals surface area contributed by atoms with Gasteiger partial charge >= 0.3 is 0 Å². The fourth-order valence-corrected chi connectivity index (χ4v) is 2.00. The van der Waals surface area contributed by atoms with E-state index in [-0.39, 0.29) is 12.7 Å². The first-order valence-electron chi connectivity index (χ1n) is 5.98. The van der Waals surface area contributed by atoms with Crippen molar-refractivity contribution in [3.8, 4) is 11.5 Å². The van der Waals surface area contributed by atoms with E-state index in [1.807, 2.05) is 18.2 Å². The summed E-state index contributed by atoms with van der Waals surface area (Å²) in [7, 11) is 1.62. The van der Waals surface area contributed by atoms with Crippen LogP contribution in [0.25, 0.3) is 0 Å². The van der Waals surface area contributed by atoms with Crippen LogP contribution in [-0.4, -0.2) is 31.4 Å². The molecule has 4 heteroatoms. The maximum Gasteiger partial charge on any atom is 0.161 e. The molecular weight excluding hydrogens is 218 g/mol. The summed E-state index contributed by atoms with van der Waals surface area (Å²) in [5, 5.41) is 12.4. The van der Waals surface area contributed by atoms with Crippen LogP contribution in [-0.2, 0) is 6.61 Å². The van der Waals surface area contributed by atoms with Gasteiger partial charge in [0.15, 0.2) is 11.5 Å². The molecule has 1 aliphatic heterocycles. The van der Waals surface area contributed by atoms with Gasteiger partial charge in [0.1, 0.15) is 6.10 Å². The monoisotopic (exact) mass is 237 g/mol. The third-order valence-electron chi connectivity index (χ3n) is 2.99. The van der Waals surface area contributed by atoms with Crippen molar-refractivity contribution in [3.05, 3.63) is 23.8 Å². The van der Waals surface area contributed by atoms with E-state index in [0.717, 1.165) is 37.2 Å². The Morgan fingerprint density at radius 3 is 2.71 bits per heavy atom. The first-order chi connectivity index (χ1) is 8.33. The van der Waals surface area contributed by atoms with Gasteiger partial charge in [0.25, 0.3) is 0 Å². The normalized spacial score (nSPS) is 16.8. The molecule has 1 aromatic rings. The van der Waals surface area contributed by atoms with E-state index in [1.54, 1.807) is 7.11 Å². The van der Waals surface area contributed by atoms with Gasteiger partial charge in [-0.1, -0.05) is 6.07 Å². The summed E-state index contributed by atoms with van der Waals surface area (Å²) < 4.78 is 11.2. The Morgan fingerprint density at radius 2 is 2.06 bits per heavy atom. The summed E-state index contributed by atoms with van der Waals surface area (Å²) in [6.07, 6.45) is 2.29. The van der Waals surface area contributed by atoms with Crippen LogP contribution in [0.2, 0.25) is 0 Å². The third-order valence-corrected chi connectivity index (χ3v) is 2.99. The van der Waals surface area contributed by atoms with Crippen molar-refractivity contribution >= 4 is 0 Å². The van der Waals surface area contributed by atoms with Crippen molar-refractivity contribution in [2.45, 2.75) is 25.6 Å². The topological polar surface area (TPSA) is 50.7 Å². The molecule has 0 bridgehead atoms. The number of ether oxygens (including phenoxy) is 2. The highest BCUT2D eigenvalue weighted by Gasteiger charge is 2.16. The quantitative estimate of drug-likeness (QED) is 0.829. The van der Waals surface area contributed by atoms with Gasteiger partial charge in [0.2, 0.25) is 0 Å². The molecule has 1 aromatic carbocycles. The second-order valence-corrected chi connectivity index (χ2v) is 4.21. The van der Waals surface area contributed by atoms with E-state index in [4.69, 9.17) is 14.6 Å². The largest absolute Gasteiger partial charge is 0.493 e. The molecule has 0 amide bonds. The summed E-state index contributed by atoms with van der Waals surface area (Å²) in [6.45, 7) is 2.02. The van der Waals surface area contributed by atoms with Gasteiger partial charge in [-0.3, -0.25) is 0 Å². The molecule has 0 unspecified atom stereocenters. The highest BCUT2D eigenvalue weighted by molar-refractivity contribution is 5.42. The molecule has 0 spiro atoms. The SMILES string of the molecule is COc1cc(CO)ccc1OC1CCNCC1. The molecule has 1 fully saturated rings. The number of hydrogen-bond acceptors (Lipinski definition) is 4. The van der Waals surface area contributed by atoms with Gasteiger partial charge in [-0.05, 0) is 43.6 Å². The zero-order chi connectivity index (χ0) is 12.1. The lowest BCUT2D eigenvalue weighted by molar-refractivity contribution is 0.156. The van der Waals surface area contributed by atoms with E-state index < -0.39 is 0 Å². The van der Waals surface area contributed by atoms with Crippen molar-refractivity contribution in [1.29, 1.82) is 0 Å². The predicted octanol–water partition coefficient (Wildman–Crippen LogP) is 1.32. The lowest BCUT2D eigenvalue weighted by Crippen LogP contribution is -2.34. The molecule has 4 nitrogen and oxygen atoms in total. The first kappa shape index (κ1) is 12.2. The number of rotatable bonds is 4. The fourth-order valence-electron chi connectivity index (χ4n) is 2.00. The highest BCUT2D eigenvalue weighted by atomic mass is 16.5. The molecule has 0 saturated carbocycles. The van der Waals surface area contributed by atoms with Gasteiger partial charge in [0.05, 0.1) is 13.7 Å². The summed E-state index contributed by atoms with van der Waals surface area (Å²) in [5.74, 6) is 1.45. The van der Waals surface area contributed by atoms with E-state index in [2.05, 4.69) is 5.32 Å². The standard InChI is InChI=1S/C13H19NO3/c1-16-13-8-10(9-15)2-3-12(13)17-11-4-6-14-7-5-11/h2-3,8,11,14-15H,4-7,9H2,1H3. The predicted molar refractivity (Wildman–Crippen MR) is 65.4 cm³/mol. The van der Waals surface area contributed by atoms with E-state index in [1.165, 1.54) is 0 Å².